The molecule has 0 saturated carbocycles. The predicted molar refractivity (Wildman–Crippen MR) is 80.2 cm³/mol. The molecule has 0 N–H and O–H groups in total. The summed E-state index contributed by atoms with van der Waals surface area (Å²) in [5.74, 6) is 0.853. The molecule has 3 nitrogen and oxygen atoms in total. The summed E-state index contributed by atoms with van der Waals surface area (Å²) in [6.45, 7) is 7.34. The third-order valence-corrected chi connectivity index (χ3v) is 3.47. The van der Waals surface area contributed by atoms with Crippen LogP contribution >= 0.6 is 23.2 Å². The van der Waals surface area contributed by atoms with E-state index in [4.69, 9.17) is 27.9 Å². The Morgan fingerprint density at radius 2 is 2.11 bits per heavy atom. The largest absolute Gasteiger partial charge is 0.380 e. The molecular formula is C14H18Cl2N2O. The third-order valence-electron chi connectivity index (χ3n) is 3.04. The molecule has 0 bridgehead atoms. The van der Waals surface area contributed by atoms with Crippen LogP contribution in [0.2, 0.25) is 5.02 Å². The maximum absolute atomic E-state index is 6.24. The molecule has 0 spiro atoms. The topological polar surface area (TPSA) is 27.1 Å². The molecule has 0 amide bonds. The Hall–Kier alpha value is -0.770. The first-order chi connectivity index (χ1) is 9.04. The smallest absolute Gasteiger partial charge is 0.128 e. The highest BCUT2D eigenvalue weighted by Gasteiger charge is 2.19. The second kappa shape index (κ2) is 6.12. The van der Waals surface area contributed by atoms with Crippen molar-refractivity contribution >= 4 is 34.2 Å². The maximum atomic E-state index is 6.24. The summed E-state index contributed by atoms with van der Waals surface area (Å²) in [6.07, 6.45) is 0. The lowest BCUT2D eigenvalue weighted by molar-refractivity contribution is 0.119. The number of benzene rings is 1. The highest BCUT2D eigenvalue weighted by molar-refractivity contribution is 6.31. The van der Waals surface area contributed by atoms with E-state index in [9.17, 15) is 0 Å². The van der Waals surface area contributed by atoms with Crippen molar-refractivity contribution in [2.75, 3.05) is 13.2 Å². The molecule has 0 aliphatic heterocycles. The number of halogens is 2. The lowest BCUT2D eigenvalue weighted by Gasteiger charge is -2.18. The number of ether oxygens (including phenoxy) is 1. The SMILES string of the molecule is CCOCC(C)n1c(C(C)Cl)nc2ccc(Cl)cc21. The predicted octanol–water partition coefficient (Wildman–Crippen LogP) is 4.59. The highest BCUT2D eigenvalue weighted by Crippen LogP contribution is 2.29. The van der Waals surface area contributed by atoms with Crippen molar-refractivity contribution in [1.82, 2.24) is 9.55 Å². The van der Waals surface area contributed by atoms with E-state index in [2.05, 4.69) is 16.5 Å². The van der Waals surface area contributed by atoms with Crippen LogP contribution < -0.4 is 0 Å². The minimum Gasteiger partial charge on any atom is -0.380 e. The monoisotopic (exact) mass is 300 g/mol. The van der Waals surface area contributed by atoms with Crippen LogP contribution in [0.1, 0.15) is 38.0 Å². The fourth-order valence-corrected chi connectivity index (χ4v) is 2.51. The number of aromatic nitrogens is 2. The van der Waals surface area contributed by atoms with Crippen LogP contribution in [0.25, 0.3) is 11.0 Å². The first-order valence-corrected chi connectivity index (χ1v) is 7.25. The van der Waals surface area contributed by atoms with Gasteiger partial charge in [-0.15, -0.1) is 11.6 Å². The number of nitrogens with zero attached hydrogens (tertiary/aromatic N) is 2. The molecule has 1 aromatic heterocycles. The van der Waals surface area contributed by atoms with Crippen molar-refractivity contribution in [1.29, 1.82) is 0 Å². The van der Waals surface area contributed by atoms with Gasteiger partial charge in [0.05, 0.1) is 29.1 Å². The van der Waals surface area contributed by atoms with Gasteiger partial charge < -0.3 is 9.30 Å². The van der Waals surface area contributed by atoms with Gasteiger partial charge in [-0.3, -0.25) is 0 Å². The molecule has 104 valence electrons. The summed E-state index contributed by atoms with van der Waals surface area (Å²) < 4.78 is 7.63. The summed E-state index contributed by atoms with van der Waals surface area (Å²) >= 11 is 12.3. The van der Waals surface area contributed by atoms with Crippen LogP contribution in [-0.4, -0.2) is 22.8 Å². The molecule has 5 heteroatoms. The zero-order valence-corrected chi connectivity index (χ0v) is 12.9. The summed E-state index contributed by atoms with van der Waals surface area (Å²) in [7, 11) is 0. The number of rotatable bonds is 5. The van der Waals surface area contributed by atoms with E-state index in [0.29, 0.717) is 18.2 Å². The number of hydrogen-bond donors (Lipinski definition) is 0. The zero-order chi connectivity index (χ0) is 14.0. The van der Waals surface area contributed by atoms with Crippen molar-refractivity contribution in [3.63, 3.8) is 0 Å². The Bertz CT molecular complexity index is 566. The van der Waals surface area contributed by atoms with Crippen molar-refractivity contribution < 1.29 is 4.74 Å². The van der Waals surface area contributed by atoms with Gasteiger partial charge >= 0.3 is 0 Å². The number of alkyl halides is 1. The molecule has 1 aromatic carbocycles. The summed E-state index contributed by atoms with van der Waals surface area (Å²) in [4.78, 5) is 4.60. The van der Waals surface area contributed by atoms with Gasteiger partial charge in [0.25, 0.3) is 0 Å². The number of imidazole rings is 1. The second-order valence-electron chi connectivity index (χ2n) is 4.60. The van der Waals surface area contributed by atoms with Crippen molar-refractivity contribution in [2.45, 2.75) is 32.2 Å². The zero-order valence-electron chi connectivity index (χ0n) is 11.4. The molecule has 2 aromatic rings. The molecule has 0 radical (unpaired) electrons. The van der Waals surface area contributed by atoms with Gasteiger partial charge in [0.15, 0.2) is 0 Å². The minimum absolute atomic E-state index is 0.157. The van der Waals surface area contributed by atoms with Gasteiger partial charge in [-0.1, -0.05) is 11.6 Å². The molecular weight excluding hydrogens is 283 g/mol. The van der Waals surface area contributed by atoms with Crippen molar-refractivity contribution in [2.24, 2.45) is 0 Å². The maximum Gasteiger partial charge on any atom is 0.128 e. The molecule has 1 heterocycles. The van der Waals surface area contributed by atoms with Gasteiger partial charge in [0.1, 0.15) is 5.82 Å². The normalized spacial score (nSPS) is 14.8. The van der Waals surface area contributed by atoms with E-state index in [-0.39, 0.29) is 11.4 Å². The molecule has 2 atom stereocenters. The van der Waals surface area contributed by atoms with E-state index < -0.39 is 0 Å². The van der Waals surface area contributed by atoms with Crippen LogP contribution in [0.4, 0.5) is 0 Å². The number of hydrogen-bond acceptors (Lipinski definition) is 2. The molecule has 0 fully saturated rings. The quantitative estimate of drug-likeness (QED) is 0.755. The Labute approximate surface area is 123 Å². The van der Waals surface area contributed by atoms with E-state index in [0.717, 1.165) is 16.9 Å². The van der Waals surface area contributed by atoms with Crippen LogP contribution in [0.5, 0.6) is 0 Å². The fraction of sp³-hybridized carbons (Fsp3) is 0.500. The first kappa shape index (κ1) is 14.6. The second-order valence-corrected chi connectivity index (χ2v) is 5.69. The van der Waals surface area contributed by atoms with Crippen LogP contribution in [0.15, 0.2) is 18.2 Å². The Kier molecular flexibility index (Phi) is 4.71. The van der Waals surface area contributed by atoms with Crippen LogP contribution in [0.3, 0.4) is 0 Å². The Balaban J connectivity index is 2.53. The molecule has 0 aliphatic carbocycles. The van der Waals surface area contributed by atoms with Gasteiger partial charge in [-0.05, 0) is 39.0 Å². The Morgan fingerprint density at radius 1 is 1.37 bits per heavy atom. The fourth-order valence-electron chi connectivity index (χ4n) is 2.19. The van der Waals surface area contributed by atoms with Crippen molar-refractivity contribution in [3.8, 4) is 0 Å². The van der Waals surface area contributed by atoms with Gasteiger partial charge in [0, 0.05) is 11.6 Å². The lowest BCUT2D eigenvalue weighted by atomic mass is 10.2. The van der Waals surface area contributed by atoms with E-state index >= 15 is 0 Å². The van der Waals surface area contributed by atoms with E-state index in [1.807, 2.05) is 32.0 Å². The van der Waals surface area contributed by atoms with Crippen LogP contribution in [0, 0.1) is 0 Å². The number of fused-ring (bicyclic) bond motifs is 1. The third kappa shape index (κ3) is 3.04. The average Bonchev–Trinajstić information content (AvgIpc) is 2.74. The van der Waals surface area contributed by atoms with E-state index in [1.54, 1.807) is 0 Å². The van der Waals surface area contributed by atoms with Crippen LogP contribution in [-0.2, 0) is 4.74 Å². The van der Waals surface area contributed by atoms with Gasteiger partial charge in [-0.25, -0.2) is 4.98 Å². The highest BCUT2D eigenvalue weighted by atomic mass is 35.5. The van der Waals surface area contributed by atoms with Gasteiger partial charge in [0.2, 0.25) is 0 Å². The summed E-state index contributed by atoms with van der Waals surface area (Å²) in [5, 5.41) is 0.543. The molecule has 2 rings (SSSR count). The molecule has 0 aliphatic rings. The average molecular weight is 301 g/mol. The molecule has 0 saturated heterocycles. The Morgan fingerprint density at radius 3 is 2.74 bits per heavy atom. The summed E-state index contributed by atoms with van der Waals surface area (Å²) in [6, 6.07) is 5.86. The van der Waals surface area contributed by atoms with Crippen molar-refractivity contribution in [3.05, 3.63) is 29.0 Å². The van der Waals surface area contributed by atoms with Gasteiger partial charge in [-0.2, -0.15) is 0 Å². The first-order valence-electron chi connectivity index (χ1n) is 6.43. The summed E-state index contributed by atoms with van der Waals surface area (Å²) in [5.41, 5.74) is 1.91. The lowest BCUT2D eigenvalue weighted by Crippen LogP contribution is -2.15. The minimum atomic E-state index is -0.157. The van der Waals surface area contributed by atoms with E-state index in [1.165, 1.54) is 0 Å². The molecule has 2 unspecified atom stereocenters. The molecule has 19 heavy (non-hydrogen) atoms. The standard InChI is InChI=1S/C14H18Cl2N2O/c1-4-19-8-9(2)18-13-7-11(16)5-6-12(13)17-14(18)10(3)15/h5-7,9-10H,4,8H2,1-3H3.